The zero-order chi connectivity index (χ0) is 24.8. The molecule has 5 rings (SSSR count). The van der Waals surface area contributed by atoms with Gasteiger partial charge >= 0.3 is 12.2 Å². The van der Waals surface area contributed by atoms with Crippen molar-refractivity contribution in [2.45, 2.75) is 50.9 Å². The lowest BCUT2D eigenvalue weighted by atomic mass is 9.82. The van der Waals surface area contributed by atoms with Crippen LogP contribution in [-0.2, 0) is 31.1 Å². The molecule has 35 heavy (non-hydrogen) atoms. The van der Waals surface area contributed by atoms with E-state index in [1.807, 2.05) is 34.6 Å². The standard InChI is InChI=1S/C23H27F3N8O/c1-2-33-8-4-16(30-33)3-7-28-21(35)32-9-5-22(14-32)6-10-34-19(22)12-18(31-34)15-11-17(23(24,25)26)20(27)29-13-15/h4,8,11-13H,2-3,5-7,9-10,14H2,1H3,(H2,27,29)(H,28,35)/t22-/m0/s1. The number of nitrogen functional groups attached to an aromatic ring is 1. The van der Waals surface area contributed by atoms with Gasteiger partial charge in [-0.2, -0.15) is 23.4 Å². The lowest BCUT2D eigenvalue weighted by Gasteiger charge is -2.23. The highest BCUT2D eigenvalue weighted by Gasteiger charge is 2.47. The van der Waals surface area contributed by atoms with Gasteiger partial charge in [-0.05, 0) is 38.0 Å². The Morgan fingerprint density at radius 3 is 2.77 bits per heavy atom. The highest BCUT2D eigenvalue weighted by atomic mass is 19.4. The number of halogens is 3. The quantitative estimate of drug-likeness (QED) is 0.574. The number of carbonyl (C=O) groups excluding carboxylic acids is 1. The molecule has 0 unspecified atom stereocenters. The maximum Gasteiger partial charge on any atom is 0.419 e. The number of aromatic nitrogens is 5. The zero-order valence-electron chi connectivity index (χ0n) is 19.3. The van der Waals surface area contributed by atoms with Crippen LogP contribution in [0.25, 0.3) is 11.3 Å². The molecule has 9 nitrogen and oxygen atoms in total. The first kappa shape index (κ1) is 23.2. The van der Waals surface area contributed by atoms with Gasteiger partial charge in [0.1, 0.15) is 5.82 Å². The molecule has 0 aromatic carbocycles. The SMILES string of the molecule is CCn1ccc(CCNC(=O)N2CC[C@]3(CCn4nc(-c5cnc(N)c(C(F)(F)F)c5)cc43)C2)n1. The van der Waals surface area contributed by atoms with Gasteiger partial charge in [0.25, 0.3) is 0 Å². The Bertz CT molecular complexity index is 1250. The van der Waals surface area contributed by atoms with E-state index in [4.69, 9.17) is 5.73 Å². The summed E-state index contributed by atoms with van der Waals surface area (Å²) in [4.78, 5) is 18.3. The van der Waals surface area contributed by atoms with E-state index in [2.05, 4.69) is 20.5 Å². The molecule has 3 aromatic rings. The molecule has 1 spiro atoms. The fraction of sp³-hybridized carbons (Fsp3) is 0.478. The second kappa shape index (κ2) is 8.58. The van der Waals surface area contributed by atoms with Crippen LogP contribution >= 0.6 is 0 Å². The zero-order valence-corrected chi connectivity index (χ0v) is 19.3. The summed E-state index contributed by atoms with van der Waals surface area (Å²) in [5.41, 5.74) is 6.78. The minimum Gasteiger partial charge on any atom is -0.383 e. The minimum absolute atomic E-state index is 0.118. The van der Waals surface area contributed by atoms with E-state index in [1.165, 1.54) is 6.20 Å². The fourth-order valence-corrected chi connectivity index (χ4v) is 5.03. The van der Waals surface area contributed by atoms with Crippen LogP contribution in [0.4, 0.5) is 23.8 Å². The highest BCUT2D eigenvalue weighted by molar-refractivity contribution is 5.75. The number of amides is 2. The number of hydrogen-bond donors (Lipinski definition) is 2. The second-order valence-corrected chi connectivity index (χ2v) is 9.14. The summed E-state index contributed by atoms with van der Waals surface area (Å²) in [7, 11) is 0. The first-order valence-electron chi connectivity index (χ1n) is 11.6. The van der Waals surface area contributed by atoms with E-state index in [1.54, 1.807) is 4.90 Å². The van der Waals surface area contributed by atoms with Crippen LogP contribution in [0.15, 0.2) is 30.6 Å². The molecule has 1 atom stereocenters. The first-order valence-corrected chi connectivity index (χ1v) is 11.6. The molecular formula is C23H27F3N8O. The number of likely N-dealkylation sites (tertiary alicyclic amines) is 1. The van der Waals surface area contributed by atoms with E-state index in [-0.39, 0.29) is 17.0 Å². The van der Waals surface area contributed by atoms with Gasteiger partial charge in [-0.1, -0.05) is 0 Å². The topological polar surface area (TPSA) is 107 Å². The summed E-state index contributed by atoms with van der Waals surface area (Å²) in [6, 6.07) is 4.65. The molecule has 186 valence electrons. The first-order chi connectivity index (χ1) is 16.7. The summed E-state index contributed by atoms with van der Waals surface area (Å²) in [6.45, 7) is 5.13. The van der Waals surface area contributed by atoms with E-state index >= 15 is 0 Å². The molecule has 0 bridgehead atoms. The summed E-state index contributed by atoms with van der Waals surface area (Å²) in [5, 5.41) is 11.9. The van der Waals surface area contributed by atoms with Gasteiger partial charge in [0.2, 0.25) is 0 Å². The number of anilines is 1. The molecule has 2 aliphatic heterocycles. The van der Waals surface area contributed by atoms with Crippen LogP contribution in [0.1, 0.15) is 36.7 Å². The van der Waals surface area contributed by atoms with Crippen molar-refractivity contribution in [3.05, 3.63) is 47.5 Å². The van der Waals surface area contributed by atoms with Crippen LogP contribution in [0, 0.1) is 0 Å². The molecule has 12 heteroatoms. The lowest BCUT2D eigenvalue weighted by molar-refractivity contribution is -0.137. The van der Waals surface area contributed by atoms with Crippen molar-refractivity contribution < 1.29 is 18.0 Å². The molecule has 2 aliphatic rings. The van der Waals surface area contributed by atoms with Crippen molar-refractivity contribution >= 4 is 11.8 Å². The molecule has 3 aromatic heterocycles. The summed E-state index contributed by atoms with van der Waals surface area (Å²) >= 11 is 0. The second-order valence-electron chi connectivity index (χ2n) is 9.14. The van der Waals surface area contributed by atoms with Crippen LogP contribution in [0.3, 0.4) is 0 Å². The van der Waals surface area contributed by atoms with Gasteiger partial charge < -0.3 is 16.0 Å². The monoisotopic (exact) mass is 488 g/mol. The summed E-state index contributed by atoms with van der Waals surface area (Å²) in [5.74, 6) is -0.555. The van der Waals surface area contributed by atoms with Crippen molar-refractivity contribution in [3.8, 4) is 11.3 Å². The van der Waals surface area contributed by atoms with Crippen molar-refractivity contribution in [2.75, 3.05) is 25.4 Å². The average Bonchev–Trinajstić information content (AvgIpc) is 3.59. The molecule has 1 saturated heterocycles. The molecule has 0 saturated carbocycles. The van der Waals surface area contributed by atoms with Crippen molar-refractivity contribution in [3.63, 3.8) is 0 Å². The largest absolute Gasteiger partial charge is 0.419 e. The predicted molar refractivity (Wildman–Crippen MR) is 122 cm³/mol. The Balaban J connectivity index is 1.26. The van der Waals surface area contributed by atoms with Crippen LogP contribution in [0.2, 0.25) is 0 Å². The maximum atomic E-state index is 13.3. The van der Waals surface area contributed by atoms with Crippen LogP contribution < -0.4 is 11.1 Å². The van der Waals surface area contributed by atoms with E-state index in [0.717, 1.165) is 36.8 Å². The molecule has 3 N–H and O–H groups in total. The Morgan fingerprint density at radius 1 is 1.23 bits per heavy atom. The van der Waals surface area contributed by atoms with Gasteiger partial charge in [0, 0.05) is 68.2 Å². The van der Waals surface area contributed by atoms with Crippen molar-refractivity contribution in [1.82, 2.24) is 34.8 Å². The van der Waals surface area contributed by atoms with Crippen molar-refractivity contribution in [1.29, 1.82) is 0 Å². The van der Waals surface area contributed by atoms with Crippen LogP contribution in [0.5, 0.6) is 0 Å². The molecule has 1 fully saturated rings. The predicted octanol–water partition coefficient (Wildman–Crippen LogP) is 3.06. The number of urea groups is 1. The number of alkyl halides is 3. The Kier molecular flexibility index (Phi) is 5.68. The number of pyridine rings is 1. The van der Waals surface area contributed by atoms with Gasteiger partial charge in [-0.15, -0.1) is 0 Å². The van der Waals surface area contributed by atoms with Gasteiger partial charge in [0.15, 0.2) is 0 Å². The maximum absolute atomic E-state index is 13.3. The normalized spacial score (nSPS) is 19.5. The van der Waals surface area contributed by atoms with E-state index < -0.39 is 17.6 Å². The van der Waals surface area contributed by atoms with Crippen molar-refractivity contribution in [2.24, 2.45) is 0 Å². The van der Waals surface area contributed by atoms with Gasteiger partial charge in [-0.25, -0.2) is 9.78 Å². The highest BCUT2D eigenvalue weighted by Crippen LogP contribution is 2.44. The minimum atomic E-state index is -4.59. The lowest BCUT2D eigenvalue weighted by Crippen LogP contribution is -2.41. The molecule has 2 amide bonds. The fourth-order valence-electron chi connectivity index (χ4n) is 5.03. The number of rotatable bonds is 5. The number of fused-ring (bicyclic) bond motifs is 2. The van der Waals surface area contributed by atoms with E-state index in [0.29, 0.717) is 38.3 Å². The third-order valence-electron chi connectivity index (χ3n) is 6.96. The number of nitrogens with zero attached hydrogens (tertiary/aromatic N) is 6. The number of hydrogen-bond acceptors (Lipinski definition) is 5. The molecule has 0 radical (unpaired) electrons. The molecule has 0 aliphatic carbocycles. The summed E-state index contributed by atoms with van der Waals surface area (Å²) in [6.07, 6.45) is 0.911. The Labute approximate surface area is 200 Å². The van der Waals surface area contributed by atoms with Gasteiger partial charge in [0.05, 0.1) is 17.0 Å². The third kappa shape index (κ3) is 4.32. The molecular weight excluding hydrogens is 461 g/mol. The number of carbonyl (C=O) groups is 1. The average molecular weight is 489 g/mol. The van der Waals surface area contributed by atoms with E-state index in [9.17, 15) is 18.0 Å². The third-order valence-corrected chi connectivity index (χ3v) is 6.96. The number of nitrogens with one attached hydrogen (secondary N) is 1. The van der Waals surface area contributed by atoms with Gasteiger partial charge in [-0.3, -0.25) is 9.36 Å². The Hall–Kier alpha value is -3.57. The number of nitrogens with two attached hydrogens (primary N) is 1. The summed E-state index contributed by atoms with van der Waals surface area (Å²) < 4.78 is 43.5. The smallest absolute Gasteiger partial charge is 0.383 e. The number of aryl methyl sites for hydroxylation is 2. The van der Waals surface area contributed by atoms with Crippen LogP contribution in [-0.4, -0.2) is 55.1 Å². The molecule has 5 heterocycles. The Morgan fingerprint density at radius 2 is 2.03 bits per heavy atom.